The Balaban J connectivity index is 2.05. The molecular weight excluding hydrogens is 276 g/mol. The molecule has 0 atom stereocenters. The fourth-order valence-corrected chi connectivity index (χ4v) is 2.22. The zero-order chi connectivity index (χ0) is 15.9. The molecule has 114 valence electrons. The van der Waals surface area contributed by atoms with Crippen LogP contribution in [-0.4, -0.2) is 29.8 Å². The minimum Gasteiger partial charge on any atom is -0.335 e. The molecule has 4 heteroatoms. The van der Waals surface area contributed by atoms with Crippen molar-refractivity contribution in [1.29, 1.82) is 0 Å². The van der Waals surface area contributed by atoms with E-state index in [1.165, 1.54) is 4.90 Å². The number of amides is 2. The highest BCUT2D eigenvalue weighted by Gasteiger charge is 2.19. The Morgan fingerprint density at radius 3 is 1.95 bits per heavy atom. The molecule has 2 aromatic rings. The van der Waals surface area contributed by atoms with Crippen molar-refractivity contribution in [2.24, 2.45) is 0 Å². The topological polar surface area (TPSA) is 49.4 Å². The van der Waals surface area contributed by atoms with Gasteiger partial charge in [-0.2, -0.15) is 0 Å². The quantitative estimate of drug-likeness (QED) is 0.881. The first kappa shape index (κ1) is 15.8. The number of nitrogens with zero attached hydrogens (tertiary/aromatic N) is 1. The van der Waals surface area contributed by atoms with Crippen molar-refractivity contribution in [3.63, 3.8) is 0 Å². The number of benzene rings is 2. The molecular formula is C18H20N2O2. The standard InChI is InChI=1S/C18H20N2O2/c1-3-20(4-2)18(22)17(21)19-16-12-10-15(11-13-16)14-8-6-5-7-9-14/h5-13H,3-4H2,1-2H3,(H,19,21). The number of hydrogen-bond acceptors (Lipinski definition) is 2. The van der Waals surface area contributed by atoms with Crippen LogP contribution < -0.4 is 5.32 Å². The molecule has 0 aliphatic heterocycles. The predicted molar refractivity (Wildman–Crippen MR) is 88.4 cm³/mol. The van der Waals surface area contributed by atoms with Crippen LogP contribution in [-0.2, 0) is 9.59 Å². The normalized spacial score (nSPS) is 10.1. The summed E-state index contributed by atoms with van der Waals surface area (Å²) in [6.07, 6.45) is 0. The number of hydrogen-bond donors (Lipinski definition) is 1. The molecule has 0 aliphatic rings. The van der Waals surface area contributed by atoms with Gasteiger partial charge in [-0.05, 0) is 37.1 Å². The van der Waals surface area contributed by atoms with E-state index in [4.69, 9.17) is 0 Å². The van der Waals surface area contributed by atoms with Gasteiger partial charge in [0, 0.05) is 18.8 Å². The molecule has 2 amide bonds. The Labute approximate surface area is 130 Å². The molecule has 0 spiro atoms. The number of carbonyl (C=O) groups excluding carboxylic acids is 2. The van der Waals surface area contributed by atoms with Crippen molar-refractivity contribution >= 4 is 17.5 Å². The van der Waals surface area contributed by atoms with Crippen LogP contribution in [0, 0.1) is 0 Å². The van der Waals surface area contributed by atoms with E-state index in [1.54, 1.807) is 12.1 Å². The van der Waals surface area contributed by atoms with Gasteiger partial charge >= 0.3 is 11.8 Å². The first-order valence-electron chi connectivity index (χ1n) is 7.41. The number of carbonyl (C=O) groups is 2. The first-order chi connectivity index (χ1) is 10.7. The van der Waals surface area contributed by atoms with E-state index in [2.05, 4.69) is 5.32 Å². The number of rotatable bonds is 4. The highest BCUT2D eigenvalue weighted by Crippen LogP contribution is 2.20. The summed E-state index contributed by atoms with van der Waals surface area (Å²) in [7, 11) is 0. The Morgan fingerprint density at radius 1 is 0.864 bits per heavy atom. The maximum Gasteiger partial charge on any atom is 0.313 e. The van der Waals surface area contributed by atoms with E-state index in [0.717, 1.165) is 11.1 Å². The van der Waals surface area contributed by atoms with E-state index in [0.29, 0.717) is 18.8 Å². The average molecular weight is 296 g/mol. The van der Waals surface area contributed by atoms with E-state index in [9.17, 15) is 9.59 Å². The molecule has 0 bridgehead atoms. The molecule has 2 aromatic carbocycles. The van der Waals surface area contributed by atoms with Gasteiger partial charge in [0.25, 0.3) is 0 Å². The Bertz CT molecular complexity index is 632. The minimum atomic E-state index is -0.601. The SMILES string of the molecule is CCN(CC)C(=O)C(=O)Nc1ccc(-c2ccccc2)cc1. The summed E-state index contributed by atoms with van der Waals surface area (Å²) in [5.74, 6) is -1.10. The lowest BCUT2D eigenvalue weighted by Gasteiger charge is -2.17. The highest BCUT2D eigenvalue weighted by atomic mass is 16.2. The van der Waals surface area contributed by atoms with Gasteiger partial charge in [0.2, 0.25) is 0 Å². The molecule has 22 heavy (non-hydrogen) atoms. The zero-order valence-electron chi connectivity index (χ0n) is 12.9. The second-order valence-corrected chi connectivity index (χ2v) is 4.87. The van der Waals surface area contributed by atoms with Gasteiger partial charge in [-0.25, -0.2) is 0 Å². The van der Waals surface area contributed by atoms with Crippen LogP contribution in [0.3, 0.4) is 0 Å². The summed E-state index contributed by atoms with van der Waals surface area (Å²) in [4.78, 5) is 25.3. The van der Waals surface area contributed by atoms with Crippen molar-refractivity contribution in [1.82, 2.24) is 4.90 Å². The van der Waals surface area contributed by atoms with Gasteiger partial charge in [0.15, 0.2) is 0 Å². The van der Waals surface area contributed by atoms with E-state index < -0.39 is 11.8 Å². The minimum absolute atomic E-state index is 0.503. The predicted octanol–water partition coefficient (Wildman–Crippen LogP) is 3.16. The Morgan fingerprint density at radius 2 is 1.41 bits per heavy atom. The maximum absolute atomic E-state index is 11.9. The van der Waals surface area contributed by atoms with E-state index in [-0.39, 0.29) is 0 Å². The molecule has 0 fully saturated rings. The lowest BCUT2D eigenvalue weighted by atomic mass is 10.1. The van der Waals surface area contributed by atoms with Gasteiger partial charge in [0.1, 0.15) is 0 Å². The van der Waals surface area contributed by atoms with Gasteiger partial charge < -0.3 is 10.2 Å². The molecule has 0 saturated heterocycles. The summed E-state index contributed by atoms with van der Waals surface area (Å²) in [5.41, 5.74) is 2.79. The molecule has 0 aliphatic carbocycles. The monoisotopic (exact) mass is 296 g/mol. The molecule has 0 saturated carbocycles. The fraction of sp³-hybridized carbons (Fsp3) is 0.222. The van der Waals surface area contributed by atoms with Crippen LogP contribution in [0.2, 0.25) is 0 Å². The van der Waals surface area contributed by atoms with Crippen molar-refractivity contribution in [2.45, 2.75) is 13.8 Å². The van der Waals surface area contributed by atoms with Crippen LogP contribution in [0.1, 0.15) is 13.8 Å². The van der Waals surface area contributed by atoms with Crippen molar-refractivity contribution in [3.8, 4) is 11.1 Å². The zero-order valence-corrected chi connectivity index (χ0v) is 12.9. The van der Waals surface area contributed by atoms with Crippen LogP contribution in [0.25, 0.3) is 11.1 Å². The second kappa shape index (κ2) is 7.41. The van der Waals surface area contributed by atoms with Crippen LogP contribution in [0.15, 0.2) is 54.6 Å². The largest absolute Gasteiger partial charge is 0.335 e. The lowest BCUT2D eigenvalue weighted by Crippen LogP contribution is -2.39. The van der Waals surface area contributed by atoms with Crippen LogP contribution in [0.5, 0.6) is 0 Å². The van der Waals surface area contributed by atoms with Gasteiger partial charge in [-0.1, -0.05) is 42.5 Å². The second-order valence-electron chi connectivity index (χ2n) is 4.87. The summed E-state index contributed by atoms with van der Waals surface area (Å²) in [6, 6.07) is 17.4. The Hall–Kier alpha value is -2.62. The van der Waals surface area contributed by atoms with E-state index >= 15 is 0 Å². The molecule has 0 aromatic heterocycles. The maximum atomic E-state index is 11.9. The molecule has 2 rings (SSSR count). The van der Waals surface area contributed by atoms with Crippen LogP contribution in [0.4, 0.5) is 5.69 Å². The van der Waals surface area contributed by atoms with Crippen molar-refractivity contribution in [2.75, 3.05) is 18.4 Å². The van der Waals surface area contributed by atoms with Crippen LogP contribution >= 0.6 is 0 Å². The average Bonchev–Trinajstić information content (AvgIpc) is 2.57. The number of likely N-dealkylation sites (N-methyl/N-ethyl adjacent to an activating group) is 1. The summed E-state index contributed by atoms with van der Waals surface area (Å²) in [5, 5.41) is 2.64. The smallest absolute Gasteiger partial charge is 0.313 e. The fourth-order valence-electron chi connectivity index (χ4n) is 2.22. The highest BCUT2D eigenvalue weighted by molar-refractivity contribution is 6.39. The summed E-state index contributed by atoms with van der Waals surface area (Å²) >= 11 is 0. The molecule has 0 unspecified atom stereocenters. The molecule has 0 heterocycles. The van der Waals surface area contributed by atoms with Gasteiger partial charge in [-0.3, -0.25) is 9.59 Å². The third kappa shape index (κ3) is 3.73. The Kier molecular flexibility index (Phi) is 5.31. The molecule has 4 nitrogen and oxygen atoms in total. The number of nitrogens with one attached hydrogen (secondary N) is 1. The third-order valence-electron chi connectivity index (χ3n) is 3.49. The number of anilines is 1. The first-order valence-corrected chi connectivity index (χ1v) is 7.41. The summed E-state index contributed by atoms with van der Waals surface area (Å²) in [6.45, 7) is 4.75. The third-order valence-corrected chi connectivity index (χ3v) is 3.49. The lowest BCUT2D eigenvalue weighted by molar-refractivity contribution is -0.142. The van der Waals surface area contributed by atoms with Crippen molar-refractivity contribution < 1.29 is 9.59 Å². The molecule has 1 N–H and O–H groups in total. The van der Waals surface area contributed by atoms with E-state index in [1.807, 2.05) is 56.3 Å². The molecule has 0 radical (unpaired) electrons. The van der Waals surface area contributed by atoms with Crippen molar-refractivity contribution in [3.05, 3.63) is 54.6 Å². The summed E-state index contributed by atoms with van der Waals surface area (Å²) < 4.78 is 0. The van der Waals surface area contributed by atoms with Gasteiger partial charge in [-0.15, -0.1) is 0 Å². The van der Waals surface area contributed by atoms with Gasteiger partial charge in [0.05, 0.1) is 0 Å².